The lowest BCUT2D eigenvalue weighted by atomic mass is 9.88. The summed E-state index contributed by atoms with van der Waals surface area (Å²) in [7, 11) is 0. The third-order valence-corrected chi connectivity index (χ3v) is 5.95. The van der Waals surface area contributed by atoms with E-state index in [9.17, 15) is 22.8 Å². The van der Waals surface area contributed by atoms with Crippen molar-refractivity contribution in [3.63, 3.8) is 0 Å². The van der Waals surface area contributed by atoms with E-state index >= 15 is 0 Å². The second-order valence-corrected chi connectivity index (χ2v) is 8.67. The lowest BCUT2D eigenvalue weighted by Gasteiger charge is -2.17. The van der Waals surface area contributed by atoms with Crippen molar-refractivity contribution in [2.24, 2.45) is 5.92 Å². The summed E-state index contributed by atoms with van der Waals surface area (Å²) >= 11 is -0.158. The zero-order valence-corrected chi connectivity index (χ0v) is 17.2. The standard InChI is InChI=1S/C23H19F3N2O2S/c24-23(25,26)31-17-10-8-15(9-11-17)18(14-6-7-14)12-20(29)19-13-21(30)28-22(27-19)16-4-2-1-3-5-16/h1-5,8-11,13-14,18H,6-7,12H2,(H,27,28,30)/t18-/m1/s1. The van der Waals surface area contributed by atoms with Crippen LogP contribution in [0.3, 0.4) is 0 Å². The first kappa shape index (κ1) is 21.4. The summed E-state index contributed by atoms with van der Waals surface area (Å²) in [6, 6.07) is 16.4. The van der Waals surface area contributed by atoms with E-state index in [4.69, 9.17) is 0 Å². The summed E-state index contributed by atoms with van der Waals surface area (Å²) in [5, 5.41) is 0. The minimum absolute atomic E-state index is 0.0949. The number of benzene rings is 2. The molecule has 0 aliphatic heterocycles. The molecule has 1 heterocycles. The number of ketones is 1. The Bertz CT molecular complexity index is 1120. The van der Waals surface area contributed by atoms with Crippen LogP contribution >= 0.6 is 11.8 Å². The molecule has 0 radical (unpaired) electrons. The Balaban J connectivity index is 1.55. The number of hydrogen-bond donors (Lipinski definition) is 1. The van der Waals surface area contributed by atoms with E-state index in [0.717, 1.165) is 18.4 Å². The largest absolute Gasteiger partial charge is 0.446 e. The summed E-state index contributed by atoms with van der Waals surface area (Å²) in [6.07, 6.45) is 2.09. The molecule has 2 aromatic carbocycles. The van der Waals surface area contributed by atoms with Gasteiger partial charge in [0.2, 0.25) is 0 Å². The van der Waals surface area contributed by atoms with Gasteiger partial charge in [0, 0.05) is 22.9 Å². The third-order valence-electron chi connectivity index (χ3n) is 5.21. The van der Waals surface area contributed by atoms with Gasteiger partial charge in [-0.15, -0.1) is 0 Å². The maximum atomic E-state index is 13.0. The molecule has 0 saturated heterocycles. The first-order valence-electron chi connectivity index (χ1n) is 9.84. The smallest absolute Gasteiger partial charge is 0.306 e. The number of thioether (sulfide) groups is 1. The topological polar surface area (TPSA) is 62.8 Å². The molecule has 1 fully saturated rings. The lowest BCUT2D eigenvalue weighted by molar-refractivity contribution is -0.0328. The van der Waals surface area contributed by atoms with Gasteiger partial charge in [0.1, 0.15) is 11.5 Å². The molecule has 3 aromatic rings. The van der Waals surface area contributed by atoms with Crippen LogP contribution in [0.4, 0.5) is 13.2 Å². The predicted octanol–water partition coefficient (Wildman–Crippen LogP) is 5.82. The number of aromatic amines is 1. The van der Waals surface area contributed by atoms with Crippen LogP contribution < -0.4 is 5.56 Å². The Morgan fingerprint density at radius 3 is 2.39 bits per heavy atom. The minimum Gasteiger partial charge on any atom is -0.306 e. The molecule has 1 atom stereocenters. The van der Waals surface area contributed by atoms with E-state index in [-0.39, 0.29) is 40.5 Å². The molecule has 1 aliphatic rings. The highest BCUT2D eigenvalue weighted by atomic mass is 32.2. The quantitative estimate of drug-likeness (QED) is 0.369. The highest BCUT2D eigenvalue weighted by Gasteiger charge is 2.35. The van der Waals surface area contributed by atoms with Crippen LogP contribution in [-0.4, -0.2) is 21.3 Å². The number of aromatic nitrogens is 2. The number of H-pyrrole nitrogens is 1. The van der Waals surface area contributed by atoms with Gasteiger partial charge in [-0.25, -0.2) is 4.98 Å². The van der Waals surface area contributed by atoms with E-state index in [0.29, 0.717) is 17.3 Å². The van der Waals surface area contributed by atoms with E-state index in [1.807, 2.05) is 18.2 Å². The van der Waals surface area contributed by atoms with Crippen LogP contribution in [0, 0.1) is 5.92 Å². The van der Waals surface area contributed by atoms with Crippen LogP contribution in [0.15, 0.2) is 70.4 Å². The molecule has 0 bridgehead atoms. The van der Waals surface area contributed by atoms with E-state index in [1.54, 1.807) is 24.3 Å². The molecule has 1 aromatic heterocycles. The van der Waals surface area contributed by atoms with Gasteiger partial charge in [0.15, 0.2) is 5.78 Å². The average molecular weight is 444 g/mol. The van der Waals surface area contributed by atoms with Crippen molar-refractivity contribution in [3.05, 3.63) is 82.3 Å². The molecule has 0 amide bonds. The molecule has 0 spiro atoms. The summed E-state index contributed by atoms with van der Waals surface area (Å²) in [4.78, 5) is 32.2. The fourth-order valence-corrected chi connectivity index (χ4v) is 4.15. The molecular formula is C23H19F3N2O2S. The molecule has 8 heteroatoms. The molecule has 4 nitrogen and oxygen atoms in total. The van der Waals surface area contributed by atoms with Crippen molar-refractivity contribution in [2.75, 3.05) is 0 Å². The Morgan fingerprint density at radius 1 is 1.10 bits per heavy atom. The second-order valence-electron chi connectivity index (χ2n) is 7.53. The van der Waals surface area contributed by atoms with Gasteiger partial charge in [-0.3, -0.25) is 9.59 Å². The fraction of sp³-hybridized carbons (Fsp3) is 0.261. The summed E-state index contributed by atoms with van der Waals surface area (Å²) in [6.45, 7) is 0. The zero-order chi connectivity index (χ0) is 22.0. The van der Waals surface area contributed by atoms with Gasteiger partial charge in [0.05, 0.1) is 0 Å². The van der Waals surface area contributed by atoms with Crippen molar-refractivity contribution in [1.29, 1.82) is 0 Å². The van der Waals surface area contributed by atoms with Crippen LogP contribution in [0.1, 0.15) is 41.2 Å². The number of rotatable bonds is 7. The van der Waals surface area contributed by atoms with Crippen molar-refractivity contribution in [3.8, 4) is 11.4 Å². The number of alkyl halides is 3. The molecule has 1 N–H and O–H groups in total. The monoisotopic (exact) mass is 444 g/mol. The number of hydrogen-bond acceptors (Lipinski definition) is 4. The number of nitrogens with one attached hydrogen (secondary N) is 1. The van der Waals surface area contributed by atoms with Gasteiger partial charge in [0.25, 0.3) is 5.56 Å². The highest BCUT2D eigenvalue weighted by Crippen LogP contribution is 2.45. The van der Waals surface area contributed by atoms with E-state index in [1.165, 1.54) is 18.2 Å². The Labute approximate surface area is 180 Å². The van der Waals surface area contributed by atoms with Crippen LogP contribution in [0.25, 0.3) is 11.4 Å². The highest BCUT2D eigenvalue weighted by molar-refractivity contribution is 8.00. The Kier molecular flexibility index (Phi) is 6.00. The molecular weight excluding hydrogens is 425 g/mol. The molecule has 1 aliphatic carbocycles. The number of nitrogens with zero attached hydrogens (tertiary/aromatic N) is 1. The van der Waals surface area contributed by atoms with E-state index in [2.05, 4.69) is 9.97 Å². The maximum Gasteiger partial charge on any atom is 0.446 e. The molecule has 160 valence electrons. The Hall–Kier alpha value is -2.87. The van der Waals surface area contributed by atoms with Gasteiger partial charge >= 0.3 is 5.51 Å². The van der Waals surface area contributed by atoms with Crippen molar-refractivity contribution < 1.29 is 18.0 Å². The SMILES string of the molecule is O=C(C[C@@H](c1ccc(SC(F)(F)F)cc1)C1CC1)c1cc(=O)[nH]c(-c2ccccc2)n1. The number of carbonyl (C=O) groups excluding carboxylic acids is 1. The van der Waals surface area contributed by atoms with Gasteiger partial charge in [-0.05, 0) is 54.1 Å². The van der Waals surface area contributed by atoms with Crippen molar-refractivity contribution in [1.82, 2.24) is 9.97 Å². The second kappa shape index (κ2) is 8.70. The van der Waals surface area contributed by atoms with Crippen LogP contribution in [0.2, 0.25) is 0 Å². The van der Waals surface area contributed by atoms with E-state index < -0.39 is 11.1 Å². The first-order chi connectivity index (χ1) is 14.8. The number of Topliss-reactive ketones (excluding diaryl/α,β-unsaturated/α-hetero) is 1. The fourth-order valence-electron chi connectivity index (χ4n) is 3.61. The predicted molar refractivity (Wildman–Crippen MR) is 113 cm³/mol. The summed E-state index contributed by atoms with van der Waals surface area (Å²) < 4.78 is 37.7. The van der Waals surface area contributed by atoms with Gasteiger partial charge < -0.3 is 4.98 Å². The number of halogens is 3. The summed E-state index contributed by atoms with van der Waals surface area (Å²) in [5.41, 5.74) is -3.12. The summed E-state index contributed by atoms with van der Waals surface area (Å²) in [5.74, 6) is 0.265. The zero-order valence-electron chi connectivity index (χ0n) is 16.4. The molecule has 1 saturated carbocycles. The normalized spacial score (nSPS) is 14.9. The van der Waals surface area contributed by atoms with Gasteiger partial charge in [-0.1, -0.05) is 42.5 Å². The lowest BCUT2D eigenvalue weighted by Crippen LogP contribution is -2.16. The van der Waals surface area contributed by atoms with Crippen molar-refractivity contribution >= 4 is 17.5 Å². The third kappa shape index (κ3) is 5.64. The molecule has 4 rings (SSSR count). The van der Waals surface area contributed by atoms with Crippen molar-refractivity contribution in [2.45, 2.75) is 35.6 Å². The molecule has 0 unspecified atom stereocenters. The van der Waals surface area contributed by atoms with Crippen LogP contribution in [0.5, 0.6) is 0 Å². The average Bonchev–Trinajstić information content (AvgIpc) is 3.57. The van der Waals surface area contributed by atoms with Crippen LogP contribution in [-0.2, 0) is 0 Å². The molecule has 31 heavy (non-hydrogen) atoms. The van der Waals surface area contributed by atoms with Gasteiger partial charge in [-0.2, -0.15) is 13.2 Å². The number of carbonyl (C=O) groups is 1. The first-order valence-corrected chi connectivity index (χ1v) is 10.7. The maximum absolute atomic E-state index is 13.0. The minimum atomic E-state index is -4.34. The Morgan fingerprint density at radius 2 is 1.77 bits per heavy atom.